The van der Waals surface area contributed by atoms with E-state index in [1.807, 2.05) is 51.1 Å². The lowest BCUT2D eigenvalue weighted by Crippen LogP contribution is -2.60. The average Bonchev–Trinajstić information content (AvgIpc) is 3.99. The number of hydrogen-bond donors (Lipinski definition) is 4. The zero-order valence-corrected chi connectivity index (χ0v) is 30.0. The molecule has 1 saturated heterocycles. The first-order valence-corrected chi connectivity index (χ1v) is 18.9. The molecule has 2 saturated carbocycles. The topological polar surface area (TPSA) is 171 Å². The molecule has 3 fully saturated rings. The third-order valence-corrected chi connectivity index (χ3v) is 11.0. The summed E-state index contributed by atoms with van der Waals surface area (Å²) in [7, 11) is -3.82. The molecule has 272 valence electrons. The Hall–Kier alpha value is -4.15. The van der Waals surface area contributed by atoms with Crippen LogP contribution in [0.3, 0.4) is 0 Å². The van der Waals surface area contributed by atoms with Crippen molar-refractivity contribution >= 4 is 39.9 Å². The van der Waals surface area contributed by atoms with Crippen LogP contribution < -0.4 is 15.4 Å². The van der Waals surface area contributed by atoms with Gasteiger partial charge in [-0.05, 0) is 80.9 Å². The van der Waals surface area contributed by atoms with Gasteiger partial charge in [0.1, 0.15) is 24.2 Å². The highest BCUT2D eigenvalue weighted by atomic mass is 32.2. The van der Waals surface area contributed by atoms with Crippen molar-refractivity contribution in [3.63, 3.8) is 0 Å². The molecule has 12 nitrogen and oxygen atoms in total. The molecule has 1 aliphatic heterocycles. The van der Waals surface area contributed by atoms with Crippen LogP contribution in [0.1, 0.15) is 89.7 Å². The number of sulfonamides is 1. The first-order valence-electron chi connectivity index (χ1n) is 17.3. The monoisotopic (exact) mass is 710 g/mol. The van der Waals surface area contributed by atoms with E-state index in [1.54, 1.807) is 0 Å². The third-order valence-electron chi connectivity index (χ3n) is 9.22. The highest BCUT2D eigenvalue weighted by molar-refractivity contribution is 7.91. The summed E-state index contributed by atoms with van der Waals surface area (Å²) in [5.41, 5.74) is -0.286. The SMILES string of the molecule is C=C[C@@H]1C[C@]1(NC(=O)[C@@H]1CCCN1C(=O)[C@@H](NC(=O)OCCCCC/C=C/c1cccc(C#CCO)c1)C(C)(C)C)C(=O)NS(=O)(=O)C1CC1. The van der Waals surface area contributed by atoms with Crippen molar-refractivity contribution in [2.75, 3.05) is 19.8 Å². The molecule has 1 aromatic rings. The summed E-state index contributed by atoms with van der Waals surface area (Å²) in [5.74, 6) is 3.31. The van der Waals surface area contributed by atoms with E-state index in [2.05, 4.69) is 39.9 Å². The Labute approximate surface area is 295 Å². The van der Waals surface area contributed by atoms with Gasteiger partial charge in [0, 0.05) is 18.0 Å². The minimum atomic E-state index is -3.82. The molecule has 0 bridgehead atoms. The van der Waals surface area contributed by atoms with Gasteiger partial charge in [-0.1, -0.05) is 63.0 Å². The normalized spacial score (nSPS) is 22.2. The molecule has 0 radical (unpaired) electrons. The van der Waals surface area contributed by atoms with Crippen molar-refractivity contribution in [3.05, 3.63) is 54.1 Å². The maximum absolute atomic E-state index is 13.9. The molecule has 2 aliphatic carbocycles. The molecule has 0 spiro atoms. The Bertz CT molecular complexity index is 1640. The first-order chi connectivity index (χ1) is 23.7. The van der Waals surface area contributed by atoms with Crippen molar-refractivity contribution in [3.8, 4) is 11.8 Å². The largest absolute Gasteiger partial charge is 0.450 e. The smallest absolute Gasteiger partial charge is 0.407 e. The zero-order chi connectivity index (χ0) is 36.5. The molecule has 50 heavy (non-hydrogen) atoms. The van der Waals surface area contributed by atoms with Gasteiger partial charge >= 0.3 is 6.09 Å². The number of hydrogen-bond acceptors (Lipinski definition) is 8. The third kappa shape index (κ3) is 10.2. The second-order valence-corrected chi connectivity index (χ2v) is 16.2. The summed E-state index contributed by atoms with van der Waals surface area (Å²) in [4.78, 5) is 54.8. The van der Waals surface area contributed by atoms with Crippen LogP contribution in [0.15, 0.2) is 43.0 Å². The highest BCUT2D eigenvalue weighted by Crippen LogP contribution is 2.45. The van der Waals surface area contributed by atoms with Gasteiger partial charge in [0.2, 0.25) is 21.8 Å². The standard InChI is InChI=1S/C37H50N4O8S/c1-5-28-25-37(28,34(45)40-50(47,48)29-19-20-29)39-32(43)30-18-12-21-41(30)33(44)31(36(2,3)4)38-35(46)49-23-10-8-6-7-9-14-26-15-11-16-27(24-26)17-13-22-42/h5,9,11,14-16,24,28-31,42H,1,6-8,10,12,18-23,25H2,2-4H3,(H,38,46)(H,39,43)(H,40,45)/b14-9+/t28-,30+,31-,37-/m1/s1. The summed E-state index contributed by atoms with van der Waals surface area (Å²) in [6, 6.07) is 5.87. The number of allylic oxidation sites excluding steroid dienone is 1. The van der Waals surface area contributed by atoms with E-state index in [4.69, 9.17) is 9.84 Å². The molecule has 4 N–H and O–H groups in total. The van der Waals surface area contributed by atoms with E-state index in [9.17, 15) is 27.6 Å². The van der Waals surface area contributed by atoms with Crippen molar-refractivity contribution in [1.29, 1.82) is 0 Å². The number of unbranched alkanes of at least 4 members (excludes halogenated alkanes) is 3. The van der Waals surface area contributed by atoms with Crippen molar-refractivity contribution in [1.82, 2.24) is 20.3 Å². The van der Waals surface area contributed by atoms with Crippen LogP contribution in [0.2, 0.25) is 0 Å². The van der Waals surface area contributed by atoms with Crippen molar-refractivity contribution < 1.29 is 37.4 Å². The maximum atomic E-state index is 13.9. The molecule has 0 unspecified atom stereocenters. The van der Waals surface area contributed by atoms with Crippen LogP contribution in [-0.4, -0.2) is 84.9 Å². The number of rotatable bonds is 15. The van der Waals surface area contributed by atoms with Crippen LogP contribution in [-0.2, 0) is 29.1 Å². The molecule has 1 heterocycles. The number of nitrogens with zero attached hydrogens (tertiary/aromatic N) is 1. The number of alkyl carbamates (subject to hydrolysis) is 1. The molecular weight excluding hydrogens is 660 g/mol. The lowest BCUT2D eigenvalue weighted by Gasteiger charge is -2.35. The van der Waals surface area contributed by atoms with Gasteiger partial charge in [0.05, 0.1) is 11.9 Å². The predicted molar refractivity (Wildman–Crippen MR) is 190 cm³/mol. The quantitative estimate of drug-likeness (QED) is 0.122. The van der Waals surface area contributed by atoms with Gasteiger partial charge in [-0.2, -0.15) is 0 Å². The second kappa shape index (κ2) is 16.7. The lowest BCUT2D eigenvalue weighted by atomic mass is 9.85. The molecule has 1 aromatic carbocycles. The maximum Gasteiger partial charge on any atom is 0.407 e. The second-order valence-electron chi connectivity index (χ2n) is 14.3. The zero-order valence-electron chi connectivity index (χ0n) is 29.2. The molecule has 13 heteroatoms. The molecule has 4 amide bonds. The Morgan fingerprint density at radius 3 is 2.58 bits per heavy atom. The number of amides is 4. The van der Waals surface area contributed by atoms with Crippen molar-refractivity contribution in [2.24, 2.45) is 11.3 Å². The average molecular weight is 711 g/mol. The summed E-state index contributed by atoms with van der Waals surface area (Å²) < 4.78 is 32.4. The van der Waals surface area contributed by atoms with Crippen LogP contribution in [0, 0.1) is 23.2 Å². The minimum absolute atomic E-state index is 0.180. The minimum Gasteiger partial charge on any atom is -0.450 e. The number of aliphatic hydroxyl groups is 1. The van der Waals surface area contributed by atoms with Gasteiger partial charge in [-0.25, -0.2) is 13.2 Å². The van der Waals surface area contributed by atoms with E-state index in [0.29, 0.717) is 32.1 Å². The van der Waals surface area contributed by atoms with Gasteiger partial charge in [-0.15, -0.1) is 6.58 Å². The number of ether oxygens (including phenoxy) is 1. The van der Waals surface area contributed by atoms with E-state index in [0.717, 1.165) is 30.4 Å². The molecule has 4 atom stereocenters. The Balaban J connectivity index is 1.25. The summed E-state index contributed by atoms with van der Waals surface area (Å²) in [6.45, 7) is 9.45. The Morgan fingerprint density at radius 1 is 1.16 bits per heavy atom. The van der Waals surface area contributed by atoms with Gasteiger partial charge in [0.25, 0.3) is 5.91 Å². The number of nitrogens with one attached hydrogen (secondary N) is 3. The fourth-order valence-corrected chi connectivity index (χ4v) is 7.45. The molecule has 0 aromatic heterocycles. The van der Waals surface area contributed by atoms with Gasteiger partial charge in [-0.3, -0.25) is 19.1 Å². The van der Waals surface area contributed by atoms with Crippen LogP contribution in [0.5, 0.6) is 0 Å². The number of carbonyl (C=O) groups is 4. The predicted octanol–water partition coefficient (Wildman–Crippen LogP) is 3.41. The molecular formula is C37H50N4O8S. The lowest BCUT2D eigenvalue weighted by molar-refractivity contribution is -0.142. The summed E-state index contributed by atoms with van der Waals surface area (Å²) in [6.07, 6.45) is 10.2. The fourth-order valence-electron chi connectivity index (χ4n) is 6.08. The first kappa shape index (κ1) is 38.6. The highest BCUT2D eigenvalue weighted by Gasteiger charge is 2.61. The van der Waals surface area contributed by atoms with Crippen molar-refractivity contribution in [2.45, 2.75) is 101 Å². The fraction of sp³-hybridized carbons (Fsp3) is 0.568. The molecule has 3 aliphatic rings. The van der Waals surface area contributed by atoms with Gasteiger partial charge in [0.15, 0.2) is 0 Å². The number of aliphatic hydroxyl groups excluding tert-OH is 1. The Morgan fingerprint density at radius 2 is 1.92 bits per heavy atom. The van der Waals surface area contributed by atoms with E-state index >= 15 is 0 Å². The number of carbonyl (C=O) groups excluding carboxylic acids is 4. The van der Waals surface area contributed by atoms with Crippen LogP contribution in [0.4, 0.5) is 4.79 Å². The van der Waals surface area contributed by atoms with E-state index in [-0.39, 0.29) is 26.2 Å². The molecule has 4 rings (SSSR count). The van der Waals surface area contributed by atoms with Gasteiger partial charge < -0.3 is 25.4 Å². The van der Waals surface area contributed by atoms with E-state index in [1.165, 1.54) is 11.0 Å². The number of benzene rings is 1. The Kier molecular flexibility index (Phi) is 12.9. The van der Waals surface area contributed by atoms with Crippen LogP contribution >= 0.6 is 0 Å². The van der Waals surface area contributed by atoms with E-state index < -0.39 is 68.0 Å². The van der Waals surface area contributed by atoms with Crippen LogP contribution in [0.25, 0.3) is 6.08 Å². The number of likely N-dealkylation sites (tertiary alicyclic amines) is 1. The summed E-state index contributed by atoms with van der Waals surface area (Å²) in [5, 5.41) is 13.7. The summed E-state index contributed by atoms with van der Waals surface area (Å²) >= 11 is 0.